The van der Waals surface area contributed by atoms with E-state index >= 15 is 0 Å². The zero-order valence-corrected chi connectivity index (χ0v) is 17.1. The van der Waals surface area contributed by atoms with E-state index in [1.165, 1.54) is 10.4 Å². The highest BCUT2D eigenvalue weighted by Gasteiger charge is 2.22. The van der Waals surface area contributed by atoms with E-state index in [9.17, 15) is 14.0 Å². The third-order valence-electron chi connectivity index (χ3n) is 5.21. The van der Waals surface area contributed by atoms with E-state index in [1.54, 1.807) is 22.3 Å². The molecule has 2 aliphatic heterocycles. The van der Waals surface area contributed by atoms with Crippen molar-refractivity contribution in [2.24, 2.45) is 0 Å². The molecule has 150 valence electrons. The van der Waals surface area contributed by atoms with Gasteiger partial charge >= 0.3 is 0 Å². The number of carbonyl (C=O) groups is 2. The van der Waals surface area contributed by atoms with Crippen molar-refractivity contribution >= 4 is 41.2 Å². The number of anilines is 1. The highest BCUT2D eigenvalue weighted by Crippen LogP contribution is 2.26. The van der Waals surface area contributed by atoms with Crippen molar-refractivity contribution in [1.29, 1.82) is 0 Å². The summed E-state index contributed by atoms with van der Waals surface area (Å²) in [6.45, 7) is 2.70. The maximum absolute atomic E-state index is 14.6. The van der Waals surface area contributed by atoms with Crippen molar-refractivity contribution in [2.45, 2.75) is 38.8 Å². The Morgan fingerprint density at radius 3 is 2.89 bits per heavy atom. The van der Waals surface area contributed by atoms with Crippen LogP contribution in [-0.2, 0) is 35.5 Å². The van der Waals surface area contributed by atoms with Crippen molar-refractivity contribution in [1.82, 2.24) is 10.2 Å². The van der Waals surface area contributed by atoms with Crippen molar-refractivity contribution < 1.29 is 14.0 Å². The lowest BCUT2D eigenvalue weighted by Crippen LogP contribution is -2.35. The standard InChI is InChI=1S/C20H22FN3O2S.ClH/c21-20-15-5-8-22-11-13(15)1-2-16(20)23-18(25)3-4-19(26)24-9-6-17-14(12-24)7-10-27-17;/h1-2,7,10,22H,3-6,8-9,11-12H2,(H,23,25);1H. The first-order valence-electron chi connectivity index (χ1n) is 9.25. The van der Waals surface area contributed by atoms with E-state index in [4.69, 9.17) is 0 Å². The molecular weight excluding hydrogens is 401 g/mol. The predicted molar refractivity (Wildman–Crippen MR) is 110 cm³/mol. The van der Waals surface area contributed by atoms with Crippen LogP contribution in [-0.4, -0.2) is 29.8 Å². The first kappa shape index (κ1) is 20.8. The summed E-state index contributed by atoms with van der Waals surface area (Å²) in [5, 5.41) is 7.88. The number of rotatable bonds is 4. The van der Waals surface area contributed by atoms with Crippen LogP contribution in [0.15, 0.2) is 23.6 Å². The number of fused-ring (bicyclic) bond motifs is 2. The summed E-state index contributed by atoms with van der Waals surface area (Å²) in [6, 6.07) is 5.50. The fraction of sp³-hybridized carbons (Fsp3) is 0.400. The van der Waals surface area contributed by atoms with Crippen LogP contribution in [0.3, 0.4) is 0 Å². The zero-order valence-electron chi connectivity index (χ0n) is 15.4. The number of nitrogens with zero attached hydrogens (tertiary/aromatic N) is 1. The van der Waals surface area contributed by atoms with Gasteiger partial charge in [0.15, 0.2) is 0 Å². The molecule has 0 aliphatic carbocycles. The van der Waals surface area contributed by atoms with E-state index in [-0.39, 0.29) is 48.6 Å². The molecule has 0 atom stereocenters. The van der Waals surface area contributed by atoms with Gasteiger partial charge in [-0.15, -0.1) is 23.7 Å². The molecule has 1 aromatic carbocycles. The molecule has 0 spiro atoms. The van der Waals surface area contributed by atoms with Gasteiger partial charge in [-0.2, -0.15) is 0 Å². The van der Waals surface area contributed by atoms with E-state index in [0.29, 0.717) is 31.6 Å². The largest absolute Gasteiger partial charge is 0.338 e. The van der Waals surface area contributed by atoms with Gasteiger partial charge in [0.1, 0.15) is 5.82 Å². The Labute approximate surface area is 173 Å². The van der Waals surface area contributed by atoms with Gasteiger partial charge in [0.25, 0.3) is 0 Å². The van der Waals surface area contributed by atoms with Crippen LogP contribution in [0.25, 0.3) is 0 Å². The molecule has 28 heavy (non-hydrogen) atoms. The minimum Gasteiger partial charge on any atom is -0.338 e. The normalized spacial score (nSPS) is 15.2. The van der Waals surface area contributed by atoms with Crippen molar-refractivity contribution in [3.05, 3.63) is 51.0 Å². The van der Waals surface area contributed by atoms with Crippen LogP contribution < -0.4 is 10.6 Å². The Morgan fingerprint density at radius 1 is 1.18 bits per heavy atom. The third-order valence-corrected chi connectivity index (χ3v) is 6.23. The van der Waals surface area contributed by atoms with Gasteiger partial charge in [0.2, 0.25) is 11.8 Å². The SMILES string of the molecule is Cl.O=C(CCC(=O)N1CCc2sccc2C1)Nc1ccc2c(c1F)CCNC2. The first-order valence-corrected chi connectivity index (χ1v) is 10.1. The Hall–Kier alpha value is -1.96. The summed E-state index contributed by atoms with van der Waals surface area (Å²) in [6.07, 6.45) is 1.69. The van der Waals surface area contributed by atoms with Crippen molar-refractivity contribution in [3.8, 4) is 0 Å². The summed E-state index contributed by atoms with van der Waals surface area (Å²) >= 11 is 1.73. The van der Waals surface area contributed by atoms with Crippen LogP contribution >= 0.6 is 23.7 Å². The molecule has 5 nitrogen and oxygen atoms in total. The lowest BCUT2D eigenvalue weighted by Gasteiger charge is -2.27. The summed E-state index contributed by atoms with van der Waals surface area (Å²) in [5.41, 5.74) is 3.01. The lowest BCUT2D eigenvalue weighted by atomic mass is 9.99. The summed E-state index contributed by atoms with van der Waals surface area (Å²) < 4.78 is 14.6. The molecule has 0 fully saturated rings. The van der Waals surface area contributed by atoms with Gasteiger partial charge in [-0.3, -0.25) is 9.59 Å². The van der Waals surface area contributed by atoms with E-state index in [0.717, 1.165) is 18.5 Å². The highest BCUT2D eigenvalue weighted by atomic mass is 35.5. The van der Waals surface area contributed by atoms with Gasteiger partial charge in [-0.25, -0.2) is 4.39 Å². The molecule has 2 N–H and O–H groups in total. The Balaban J connectivity index is 0.00000225. The number of thiophene rings is 1. The molecule has 1 aromatic heterocycles. The summed E-state index contributed by atoms with van der Waals surface area (Å²) in [7, 11) is 0. The second kappa shape index (κ2) is 9.03. The Kier molecular flexibility index (Phi) is 6.69. The highest BCUT2D eigenvalue weighted by molar-refractivity contribution is 7.10. The third kappa shape index (κ3) is 4.37. The number of hydrogen-bond acceptors (Lipinski definition) is 4. The molecule has 2 amide bonds. The van der Waals surface area contributed by atoms with Crippen molar-refractivity contribution in [2.75, 3.05) is 18.4 Å². The molecule has 0 radical (unpaired) electrons. The van der Waals surface area contributed by atoms with E-state index in [1.807, 2.05) is 6.07 Å². The van der Waals surface area contributed by atoms with E-state index < -0.39 is 0 Å². The topological polar surface area (TPSA) is 61.4 Å². The molecule has 8 heteroatoms. The Morgan fingerprint density at radius 2 is 2.04 bits per heavy atom. The van der Waals surface area contributed by atoms with Crippen LogP contribution in [0.1, 0.15) is 34.4 Å². The summed E-state index contributed by atoms with van der Waals surface area (Å²) in [4.78, 5) is 27.8. The maximum atomic E-state index is 14.6. The molecule has 0 unspecified atom stereocenters. The minimum absolute atomic E-state index is 0. The second-order valence-electron chi connectivity index (χ2n) is 6.97. The monoisotopic (exact) mass is 423 g/mol. The molecule has 4 rings (SSSR count). The van der Waals surface area contributed by atoms with Crippen LogP contribution in [0, 0.1) is 5.82 Å². The Bertz CT molecular complexity index is 886. The fourth-order valence-corrected chi connectivity index (χ4v) is 4.57. The molecule has 0 saturated carbocycles. The van der Waals surface area contributed by atoms with Crippen LogP contribution in [0.4, 0.5) is 10.1 Å². The number of hydrogen-bond donors (Lipinski definition) is 2. The van der Waals surface area contributed by atoms with Crippen LogP contribution in [0.5, 0.6) is 0 Å². The lowest BCUT2D eigenvalue weighted by molar-refractivity contribution is -0.133. The average Bonchev–Trinajstić information content (AvgIpc) is 3.16. The van der Waals surface area contributed by atoms with Gasteiger partial charge in [-0.05, 0) is 53.6 Å². The molecule has 3 heterocycles. The smallest absolute Gasteiger partial charge is 0.224 e. The van der Waals surface area contributed by atoms with Gasteiger partial charge in [0, 0.05) is 37.4 Å². The predicted octanol–water partition coefficient (Wildman–Crippen LogP) is 3.26. The minimum atomic E-state index is -0.352. The summed E-state index contributed by atoms with van der Waals surface area (Å²) in [5.74, 6) is -0.710. The van der Waals surface area contributed by atoms with Gasteiger partial charge < -0.3 is 15.5 Å². The number of amides is 2. The first-order chi connectivity index (χ1) is 13.1. The molecule has 2 aliphatic rings. The molecular formula is C20H23ClFN3O2S. The quantitative estimate of drug-likeness (QED) is 0.793. The zero-order chi connectivity index (χ0) is 18.8. The number of halogens is 2. The second-order valence-corrected chi connectivity index (χ2v) is 7.97. The van der Waals surface area contributed by atoms with Gasteiger partial charge in [0.05, 0.1) is 5.69 Å². The molecule has 2 aromatic rings. The van der Waals surface area contributed by atoms with Crippen LogP contribution in [0.2, 0.25) is 0 Å². The number of benzene rings is 1. The number of carbonyl (C=O) groups excluding carboxylic acids is 2. The van der Waals surface area contributed by atoms with Gasteiger partial charge in [-0.1, -0.05) is 6.07 Å². The molecule has 0 bridgehead atoms. The maximum Gasteiger partial charge on any atom is 0.224 e. The fourth-order valence-electron chi connectivity index (χ4n) is 3.68. The van der Waals surface area contributed by atoms with Crippen molar-refractivity contribution in [3.63, 3.8) is 0 Å². The molecule has 0 saturated heterocycles. The average molecular weight is 424 g/mol. The van der Waals surface area contributed by atoms with E-state index in [2.05, 4.69) is 22.1 Å². The number of nitrogens with one attached hydrogen (secondary N) is 2.